The average Bonchev–Trinajstić information content (AvgIpc) is 3.15. The van der Waals surface area contributed by atoms with E-state index < -0.39 is 21.9 Å². The minimum absolute atomic E-state index is 0.0199. The Morgan fingerprint density at radius 3 is 2.21 bits per heavy atom. The Labute approximate surface area is 137 Å². The molecule has 1 fully saturated rings. The molecular weight excluding hydrogens is 343 g/mol. The number of nitrogens with two attached hydrogens (primary N) is 1. The van der Waals surface area contributed by atoms with E-state index in [-0.39, 0.29) is 10.8 Å². The molecule has 1 aliphatic carbocycles. The van der Waals surface area contributed by atoms with Crippen molar-refractivity contribution >= 4 is 10.0 Å². The van der Waals surface area contributed by atoms with Gasteiger partial charge in [0, 0.05) is 11.6 Å². The lowest BCUT2D eigenvalue weighted by Gasteiger charge is -2.12. The molecule has 0 bridgehead atoms. The molecule has 0 atom stereocenters. The number of hydrogen-bond donors (Lipinski definition) is 1. The molecule has 0 aliphatic heterocycles. The molecule has 0 radical (unpaired) electrons. The molecule has 1 aromatic heterocycles. The average molecular weight is 359 g/mol. The molecule has 1 aliphatic rings. The van der Waals surface area contributed by atoms with Crippen LogP contribution in [0.25, 0.3) is 5.69 Å². The van der Waals surface area contributed by atoms with Gasteiger partial charge in [-0.1, -0.05) is 12.8 Å². The number of sulfonamides is 1. The van der Waals surface area contributed by atoms with Crippen molar-refractivity contribution in [3.63, 3.8) is 0 Å². The van der Waals surface area contributed by atoms with E-state index in [9.17, 15) is 21.6 Å². The molecule has 2 N–H and O–H groups in total. The molecule has 0 spiro atoms. The van der Waals surface area contributed by atoms with Gasteiger partial charge in [0.05, 0.1) is 10.6 Å². The third-order valence-electron chi connectivity index (χ3n) is 4.21. The second-order valence-electron chi connectivity index (χ2n) is 5.88. The fourth-order valence-electron chi connectivity index (χ4n) is 3.03. The highest BCUT2D eigenvalue weighted by Gasteiger charge is 2.36. The summed E-state index contributed by atoms with van der Waals surface area (Å²) in [7, 11) is -3.86. The van der Waals surface area contributed by atoms with E-state index in [0.717, 1.165) is 31.7 Å². The first kappa shape index (κ1) is 17.0. The molecule has 130 valence electrons. The summed E-state index contributed by atoms with van der Waals surface area (Å²) < 4.78 is 63.0. The van der Waals surface area contributed by atoms with Crippen LogP contribution in [0.3, 0.4) is 0 Å². The van der Waals surface area contributed by atoms with Crippen molar-refractivity contribution in [2.75, 3.05) is 0 Å². The van der Waals surface area contributed by atoms with Gasteiger partial charge in [0.2, 0.25) is 10.0 Å². The minimum atomic E-state index is -4.53. The lowest BCUT2D eigenvalue weighted by Crippen LogP contribution is -2.12. The zero-order chi connectivity index (χ0) is 17.5. The van der Waals surface area contributed by atoms with E-state index >= 15 is 0 Å². The van der Waals surface area contributed by atoms with Crippen molar-refractivity contribution in [2.45, 2.75) is 42.7 Å². The Hall–Kier alpha value is -1.87. The number of benzene rings is 1. The van der Waals surface area contributed by atoms with Crippen molar-refractivity contribution in [2.24, 2.45) is 5.14 Å². The summed E-state index contributed by atoms with van der Waals surface area (Å²) in [6, 6.07) is 6.43. The molecule has 1 heterocycles. The molecule has 3 rings (SSSR count). The number of alkyl halides is 3. The maximum Gasteiger partial charge on any atom is 0.435 e. The third kappa shape index (κ3) is 3.32. The highest BCUT2D eigenvalue weighted by molar-refractivity contribution is 7.89. The molecule has 24 heavy (non-hydrogen) atoms. The van der Waals surface area contributed by atoms with Crippen molar-refractivity contribution in [3.05, 3.63) is 41.7 Å². The van der Waals surface area contributed by atoms with Gasteiger partial charge in [0.15, 0.2) is 5.69 Å². The summed E-state index contributed by atoms with van der Waals surface area (Å²) in [5.41, 5.74) is -0.0668. The van der Waals surface area contributed by atoms with Gasteiger partial charge >= 0.3 is 6.18 Å². The van der Waals surface area contributed by atoms with E-state index in [4.69, 9.17) is 5.14 Å². The smallest absolute Gasteiger partial charge is 0.237 e. The van der Waals surface area contributed by atoms with E-state index in [1.54, 1.807) is 0 Å². The van der Waals surface area contributed by atoms with Gasteiger partial charge in [0.25, 0.3) is 0 Å². The Kier molecular flexibility index (Phi) is 4.16. The molecular formula is C15H16F3N3O2S. The zero-order valence-electron chi connectivity index (χ0n) is 12.6. The SMILES string of the molecule is NS(=O)(=O)c1ccc(-n2nc(C(F)(F)F)cc2C2CCCC2)cc1. The van der Waals surface area contributed by atoms with E-state index in [0.29, 0.717) is 11.4 Å². The quantitative estimate of drug-likeness (QED) is 0.914. The van der Waals surface area contributed by atoms with E-state index in [1.807, 2.05) is 0 Å². The van der Waals surface area contributed by atoms with Gasteiger partial charge in [-0.05, 0) is 43.2 Å². The number of rotatable bonds is 3. The number of primary sulfonamides is 1. The zero-order valence-corrected chi connectivity index (χ0v) is 13.4. The molecule has 9 heteroatoms. The van der Waals surface area contributed by atoms with Crippen LogP contribution in [0, 0.1) is 0 Å². The largest absolute Gasteiger partial charge is 0.435 e. The predicted octanol–water partition coefficient (Wildman–Crippen LogP) is 3.20. The van der Waals surface area contributed by atoms with E-state index in [1.165, 1.54) is 28.9 Å². The summed E-state index contributed by atoms with van der Waals surface area (Å²) >= 11 is 0. The van der Waals surface area contributed by atoms with Gasteiger partial charge in [-0.15, -0.1) is 0 Å². The maximum absolute atomic E-state index is 13.0. The monoisotopic (exact) mass is 359 g/mol. The summed E-state index contributed by atoms with van der Waals surface area (Å²) in [5, 5.41) is 8.74. The molecule has 0 saturated heterocycles. The second kappa shape index (κ2) is 5.89. The first-order chi connectivity index (χ1) is 11.2. The number of halogens is 3. The molecule has 1 saturated carbocycles. The van der Waals surface area contributed by atoms with Crippen LogP contribution in [-0.4, -0.2) is 18.2 Å². The molecule has 0 unspecified atom stereocenters. The van der Waals surface area contributed by atoms with Gasteiger partial charge in [0.1, 0.15) is 0 Å². The molecule has 1 aromatic carbocycles. The van der Waals surface area contributed by atoms with Crippen molar-refractivity contribution in [1.29, 1.82) is 0 Å². The predicted molar refractivity (Wildman–Crippen MR) is 81.1 cm³/mol. The molecule has 5 nitrogen and oxygen atoms in total. The Morgan fingerprint density at radius 1 is 1.12 bits per heavy atom. The lowest BCUT2D eigenvalue weighted by molar-refractivity contribution is -0.141. The Bertz CT molecular complexity index is 836. The van der Waals surface area contributed by atoms with Crippen LogP contribution < -0.4 is 5.14 Å². The highest BCUT2D eigenvalue weighted by atomic mass is 32.2. The summed E-state index contributed by atoms with van der Waals surface area (Å²) in [6.45, 7) is 0. The van der Waals surface area contributed by atoms with Crippen molar-refractivity contribution in [3.8, 4) is 5.69 Å². The standard InChI is InChI=1S/C15H16F3N3O2S/c16-15(17,18)14-9-13(10-3-1-2-4-10)21(20-14)11-5-7-12(8-6-11)24(19,22)23/h5-10H,1-4H2,(H2,19,22,23). The van der Waals surface area contributed by atoms with Gasteiger partial charge in [-0.3, -0.25) is 0 Å². The Morgan fingerprint density at radius 2 is 1.71 bits per heavy atom. The number of nitrogens with zero attached hydrogens (tertiary/aromatic N) is 2. The fourth-order valence-corrected chi connectivity index (χ4v) is 3.55. The summed E-state index contributed by atoms with van der Waals surface area (Å²) in [4.78, 5) is -0.100. The highest BCUT2D eigenvalue weighted by Crippen LogP contribution is 2.38. The number of aromatic nitrogens is 2. The van der Waals surface area contributed by atoms with Crippen molar-refractivity contribution in [1.82, 2.24) is 9.78 Å². The maximum atomic E-state index is 13.0. The number of hydrogen-bond acceptors (Lipinski definition) is 3. The van der Waals surface area contributed by atoms with Crippen LogP contribution >= 0.6 is 0 Å². The van der Waals surface area contributed by atoms with Crippen LogP contribution in [0.5, 0.6) is 0 Å². The molecule has 2 aromatic rings. The van der Waals surface area contributed by atoms with Gasteiger partial charge < -0.3 is 0 Å². The summed E-state index contributed by atoms with van der Waals surface area (Å²) in [6.07, 6.45) is -0.946. The Balaban J connectivity index is 2.07. The molecule has 0 amide bonds. The van der Waals surface area contributed by atoms with E-state index in [2.05, 4.69) is 5.10 Å². The lowest BCUT2D eigenvalue weighted by atomic mass is 10.0. The second-order valence-corrected chi connectivity index (χ2v) is 7.45. The van der Waals surface area contributed by atoms with Crippen LogP contribution in [0.2, 0.25) is 0 Å². The van der Waals surface area contributed by atoms with Crippen LogP contribution in [0.4, 0.5) is 13.2 Å². The first-order valence-electron chi connectivity index (χ1n) is 7.46. The van der Waals surface area contributed by atoms with Crippen molar-refractivity contribution < 1.29 is 21.6 Å². The van der Waals surface area contributed by atoms with Crippen LogP contribution in [-0.2, 0) is 16.2 Å². The normalized spacial score (nSPS) is 16.7. The summed E-state index contributed by atoms with van der Waals surface area (Å²) in [5.74, 6) is 0.0199. The van der Waals surface area contributed by atoms with Crippen LogP contribution in [0.15, 0.2) is 35.2 Å². The van der Waals surface area contributed by atoms with Gasteiger partial charge in [-0.25, -0.2) is 18.2 Å². The van der Waals surface area contributed by atoms with Crippen LogP contribution in [0.1, 0.15) is 43.0 Å². The topological polar surface area (TPSA) is 78.0 Å². The fraction of sp³-hybridized carbons (Fsp3) is 0.400. The minimum Gasteiger partial charge on any atom is -0.237 e. The van der Waals surface area contributed by atoms with Gasteiger partial charge in [-0.2, -0.15) is 18.3 Å². The first-order valence-corrected chi connectivity index (χ1v) is 9.01. The third-order valence-corrected chi connectivity index (χ3v) is 5.14.